The number of nitrogens with two attached hydrogens (primary N) is 1. The van der Waals surface area contributed by atoms with E-state index in [2.05, 4.69) is 15.3 Å². The standard InChI is InChI=1S/C12H14N4/c1-8-4-3-5-9(6-8)12-15-10(13)7-11(14-2)16-12/h3-7H,1-2H3,(H3,13,14,15,16). The van der Waals surface area contributed by atoms with Crippen molar-refractivity contribution in [2.24, 2.45) is 0 Å². The first-order valence-corrected chi connectivity index (χ1v) is 5.08. The summed E-state index contributed by atoms with van der Waals surface area (Å²) in [5, 5.41) is 2.96. The van der Waals surface area contributed by atoms with Crippen molar-refractivity contribution in [2.75, 3.05) is 18.1 Å². The Morgan fingerprint density at radius 2 is 2.00 bits per heavy atom. The molecular formula is C12H14N4. The number of rotatable bonds is 2. The summed E-state index contributed by atoms with van der Waals surface area (Å²) < 4.78 is 0. The Kier molecular flexibility index (Phi) is 2.72. The van der Waals surface area contributed by atoms with Crippen LogP contribution in [0.15, 0.2) is 30.3 Å². The summed E-state index contributed by atoms with van der Waals surface area (Å²) in [5.74, 6) is 1.84. The van der Waals surface area contributed by atoms with Gasteiger partial charge >= 0.3 is 0 Å². The number of benzene rings is 1. The fourth-order valence-corrected chi connectivity index (χ4v) is 1.51. The highest BCUT2D eigenvalue weighted by Crippen LogP contribution is 2.19. The van der Waals surface area contributed by atoms with Gasteiger partial charge in [-0.05, 0) is 13.0 Å². The van der Waals surface area contributed by atoms with Crippen LogP contribution in [0.2, 0.25) is 0 Å². The summed E-state index contributed by atoms with van der Waals surface area (Å²) in [5.41, 5.74) is 7.87. The number of aryl methyl sites for hydroxylation is 1. The molecule has 0 unspecified atom stereocenters. The van der Waals surface area contributed by atoms with Crippen molar-refractivity contribution in [3.05, 3.63) is 35.9 Å². The second-order valence-corrected chi connectivity index (χ2v) is 3.62. The van der Waals surface area contributed by atoms with Gasteiger partial charge in [0, 0.05) is 18.7 Å². The molecule has 1 aromatic carbocycles. The summed E-state index contributed by atoms with van der Waals surface area (Å²) >= 11 is 0. The third kappa shape index (κ3) is 2.11. The zero-order valence-electron chi connectivity index (χ0n) is 9.36. The van der Waals surface area contributed by atoms with Crippen LogP contribution in [0.1, 0.15) is 5.56 Å². The third-order valence-electron chi connectivity index (χ3n) is 2.28. The maximum atomic E-state index is 5.72. The van der Waals surface area contributed by atoms with Gasteiger partial charge in [-0.1, -0.05) is 23.8 Å². The Labute approximate surface area is 94.5 Å². The minimum Gasteiger partial charge on any atom is -0.384 e. The van der Waals surface area contributed by atoms with Gasteiger partial charge in [-0.15, -0.1) is 0 Å². The molecule has 1 aromatic heterocycles. The lowest BCUT2D eigenvalue weighted by Gasteiger charge is -2.05. The summed E-state index contributed by atoms with van der Waals surface area (Å²) in [6, 6.07) is 9.74. The van der Waals surface area contributed by atoms with E-state index < -0.39 is 0 Å². The summed E-state index contributed by atoms with van der Waals surface area (Å²) in [6.07, 6.45) is 0. The van der Waals surface area contributed by atoms with Crippen molar-refractivity contribution in [3.8, 4) is 11.4 Å². The Balaban J connectivity index is 2.51. The fourth-order valence-electron chi connectivity index (χ4n) is 1.51. The number of aromatic nitrogens is 2. The molecule has 0 saturated heterocycles. The van der Waals surface area contributed by atoms with Crippen molar-refractivity contribution in [1.29, 1.82) is 0 Å². The Morgan fingerprint density at radius 1 is 1.19 bits per heavy atom. The van der Waals surface area contributed by atoms with Crippen molar-refractivity contribution in [3.63, 3.8) is 0 Å². The number of nitrogens with one attached hydrogen (secondary N) is 1. The molecule has 0 aliphatic rings. The minimum absolute atomic E-state index is 0.468. The number of anilines is 2. The molecule has 0 bridgehead atoms. The molecule has 2 aromatic rings. The maximum Gasteiger partial charge on any atom is 0.163 e. The van der Waals surface area contributed by atoms with Gasteiger partial charge in [0.05, 0.1) is 0 Å². The lowest BCUT2D eigenvalue weighted by Crippen LogP contribution is -2.00. The molecule has 3 N–H and O–H groups in total. The Bertz CT molecular complexity index is 508. The fraction of sp³-hybridized carbons (Fsp3) is 0.167. The molecule has 0 aliphatic heterocycles. The van der Waals surface area contributed by atoms with Gasteiger partial charge in [-0.25, -0.2) is 9.97 Å². The smallest absolute Gasteiger partial charge is 0.163 e. The molecular weight excluding hydrogens is 200 g/mol. The normalized spacial score (nSPS) is 10.1. The minimum atomic E-state index is 0.468. The molecule has 0 amide bonds. The van der Waals surface area contributed by atoms with Crippen LogP contribution in [0, 0.1) is 6.92 Å². The van der Waals surface area contributed by atoms with E-state index in [4.69, 9.17) is 5.73 Å². The van der Waals surface area contributed by atoms with Crippen LogP contribution in [-0.2, 0) is 0 Å². The number of hydrogen-bond donors (Lipinski definition) is 2. The van der Waals surface area contributed by atoms with Gasteiger partial charge < -0.3 is 11.1 Å². The van der Waals surface area contributed by atoms with E-state index in [0.29, 0.717) is 11.6 Å². The first-order valence-electron chi connectivity index (χ1n) is 5.08. The zero-order valence-corrected chi connectivity index (χ0v) is 9.36. The summed E-state index contributed by atoms with van der Waals surface area (Å²) in [4.78, 5) is 8.58. The molecule has 0 fully saturated rings. The van der Waals surface area contributed by atoms with Crippen molar-refractivity contribution >= 4 is 11.6 Å². The molecule has 2 rings (SSSR count). The number of nitrogen functional groups attached to an aromatic ring is 1. The average Bonchev–Trinajstić information content (AvgIpc) is 2.28. The third-order valence-corrected chi connectivity index (χ3v) is 2.28. The predicted molar refractivity (Wildman–Crippen MR) is 66.2 cm³/mol. The Hall–Kier alpha value is -2.10. The van der Waals surface area contributed by atoms with E-state index in [1.807, 2.05) is 38.2 Å². The zero-order chi connectivity index (χ0) is 11.5. The second kappa shape index (κ2) is 4.18. The lowest BCUT2D eigenvalue weighted by molar-refractivity contribution is 1.17. The highest BCUT2D eigenvalue weighted by Gasteiger charge is 2.04. The first kappa shape index (κ1) is 10.4. The van der Waals surface area contributed by atoms with Gasteiger partial charge in [0.25, 0.3) is 0 Å². The number of nitrogens with zero attached hydrogens (tertiary/aromatic N) is 2. The highest BCUT2D eigenvalue weighted by atomic mass is 15.0. The van der Waals surface area contributed by atoms with E-state index in [-0.39, 0.29) is 0 Å². The van der Waals surface area contributed by atoms with Crippen LogP contribution < -0.4 is 11.1 Å². The van der Waals surface area contributed by atoms with E-state index in [1.165, 1.54) is 5.56 Å². The topological polar surface area (TPSA) is 63.8 Å². The van der Waals surface area contributed by atoms with Crippen molar-refractivity contribution in [2.45, 2.75) is 6.92 Å². The summed E-state index contributed by atoms with van der Waals surface area (Å²) in [6.45, 7) is 2.04. The van der Waals surface area contributed by atoms with Gasteiger partial charge in [0.15, 0.2) is 5.82 Å². The molecule has 4 heteroatoms. The van der Waals surface area contributed by atoms with Crippen molar-refractivity contribution in [1.82, 2.24) is 9.97 Å². The van der Waals surface area contributed by atoms with Crippen LogP contribution >= 0.6 is 0 Å². The quantitative estimate of drug-likeness (QED) is 0.803. The number of hydrogen-bond acceptors (Lipinski definition) is 4. The van der Waals surface area contributed by atoms with Crippen LogP contribution in [-0.4, -0.2) is 17.0 Å². The van der Waals surface area contributed by atoms with Crippen LogP contribution in [0.25, 0.3) is 11.4 Å². The Morgan fingerprint density at radius 3 is 2.69 bits per heavy atom. The molecule has 0 saturated carbocycles. The maximum absolute atomic E-state index is 5.72. The van der Waals surface area contributed by atoms with Gasteiger partial charge in [-0.3, -0.25) is 0 Å². The second-order valence-electron chi connectivity index (χ2n) is 3.62. The molecule has 0 spiro atoms. The lowest BCUT2D eigenvalue weighted by atomic mass is 10.1. The molecule has 16 heavy (non-hydrogen) atoms. The highest BCUT2D eigenvalue weighted by molar-refractivity contribution is 5.60. The van der Waals surface area contributed by atoms with E-state index in [9.17, 15) is 0 Å². The van der Waals surface area contributed by atoms with Gasteiger partial charge in [-0.2, -0.15) is 0 Å². The monoisotopic (exact) mass is 214 g/mol. The first-order chi connectivity index (χ1) is 7.69. The predicted octanol–water partition coefficient (Wildman–Crippen LogP) is 2.08. The molecule has 0 atom stereocenters. The van der Waals surface area contributed by atoms with E-state index in [0.717, 1.165) is 11.4 Å². The van der Waals surface area contributed by atoms with Crippen LogP contribution in [0.3, 0.4) is 0 Å². The van der Waals surface area contributed by atoms with E-state index in [1.54, 1.807) is 6.07 Å². The molecule has 0 aliphatic carbocycles. The van der Waals surface area contributed by atoms with E-state index >= 15 is 0 Å². The average molecular weight is 214 g/mol. The molecule has 1 heterocycles. The van der Waals surface area contributed by atoms with Crippen LogP contribution in [0.5, 0.6) is 0 Å². The van der Waals surface area contributed by atoms with Gasteiger partial charge in [0.2, 0.25) is 0 Å². The van der Waals surface area contributed by atoms with Crippen molar-refractivity contribution < 1.29 is 0 Å². The SMILES string of the molecule is CNc1cc(N)nc(-c2cccc(C)c2)n1. The van der Waals surface area contributed by atoms with Gasteiger partial charge in [0.1, 0.15) is 11.6 Å². The molecule has 4 nitrogen and oxygen atoms in total. The largest absolute Gasteiger partial charge is 0.384 e. The summed E-state index contributed by atoms with van der Waals surface area (Å²) in [7, 11) is 1.81. The molecule has 82 valence electrons. The molecule has 0 radical (unpaired) electrons. The van der Waals surface area contributed by atoms with Crippen LogP contribution in [0.4, 0.5) is 11.6 Å².